The zero-order valence-electron chi connectivity index (χ0n) is 20.3. The van der Waals surface area contributed by atoms with E-state index in [9.17, 15) is 9.59 Å². The summed E-state index contributed by atoms with van der Waals surface area (Å²) in [4.78, 5) is 29.5. The minimum Gasteiger partial charge on any atom is -0.494 e. The topological polar surface area (TPSA) is 76.7 Å². The standard InChI is InChI=1S/C27H33N3O4/c1-5-33-20-11-9-19(10-12-20)30-25(31)23-15-24-22(13-14-34-24)29(23)16-27(30,4)26(32)28-21-8-6-7-17(2)18(21)3/h9-15,17-18,21H,5-8,16H2,1-4H3,(H,28,32)/t17-,18+,21+,27+/m0/s1. The summed E-state index contributed by atoms with van der Waals surface area (Å²) in [6.07, 6.45) is 4.87. The van der Waals surface area contributed by atoms with Crippen molar-refractivity contribution in [1.82, 2.24) is 9.88 Å². The lowest BCUT2D eigenvalue weighted by Gasteiger charge is -2.45. The Bertz CT molecular complexity index is 1210. The molecule has 0 bridgehead atoms. The Kier molecular flexibility index (Phi) is 5.66. The van der Waals surface area contributed by atoms with Gasteiger partial charge in [0.25, 0.3) is 5.91 Å². The molecule has 1 saturated carbocycles. The van der Waals surface area contributed by atoms with Gasteiger partial charge in [-0.1, -0.05) is 26.7 Å². The number of ether oxygens (including phenoxy) is 1. The molecule has 5 rings (SSSR count). The van der Waals surface area contributed by atoms with Crippen LogP contribution in [-0.4, -0.2) is 34.6 Å². The molecule has 0 spiro atoms. The summed E-state index contributed by atoms with van der Waals surface area (Å²) in [6.45, 7) is 9.16. The van der Waals surface area contributed by atoms with Crippen LogP contribution < -0.4 is 15.0 Å². The molecule has 4 atom stereocenters. The summed E-state index contributed by atoms with van der Waals surface area (Å²) in [5.74, 6) is 1.33. The van der Waals surface area contributed by atoms with Gasteiger partial charge in [-0.3, -0.25) is 14.5 Å². The maximum Gasteiger partial charge on any atom is 0.276 e. The highest BCUT2D eigenvalue weighted by molar-refractivity contribution is 6.13. The van der Waals surface area contributed by atoms with Gasteiger partial charge in [-0.15, -0.1) is 0 Å². The van der Waals surface area contributed by atoms with Crippen molar-refractivity contribution in [2.75, 3.05) is 11.5 Å². The largest absolute Gasteiger partial charge is 0.494 e. The third-order valence-electron chi connectivity index (χ3n) is 7.82. The molecule has 1 N–H and O–H groups in total. The summed E-state index contributed by atoms with van der Waals surface area (Å²) in [6, 6.07) is 11.1. The maximum absolute atomic E-state index is 14.0. The minimum absolute atomic E-state index is 0.102. The Balaban J connectivity index is 1.55. The molecule has 3 heterocycles. The number of benzene rings is 1. The van der Waals surface area contributed by atoms with Crippen LogP contribution in [0.3, 0.4) is 0 Å². The van der Waals surface area contributed by atoms with E-state index in [-0.39, 0.29) is 17.9 Å². The number of fused-ring (bicyclic) bond motifs is 3. The van der Waals surface area contributed by atoms with Crippen molar-refractivity contribution in [3.05, 3.63) is 48.4 Å². The van der Waals surface area contributed by atoms with Gasteiger partial charge < -0.3 is 19.0 Å². The van der Waals surface area contributed by atoms with E-state index in [1.165, 1.54) is 6.42 Å². The first-order valence-corrected chi connectivity index (χ1v) is 12.3. The number of hydrogen-bond donors (Lipinski definition) is 1. The fourth-order valence-electron chi connectivity index (χ4n) is 5.59. The first kappa shape index (κ1) is 22.6. The molecule has 34 heavy (non-hydrogen) atoms. The van der Waals surface area contributed by atoms with Crippen LogP contribution in [0.2, 0.25) is 0 Å². The smallest absolute Gasteiger partial charge is 0.276 e. The second kappa shape index (κ2) is 8.53. The predicted molar refractivity (Wildman–Crippen MR) is 131 cm³/mol. The molecular weight excluding hydrogens is 430 g/mol. The zero-order chi connectivity index (χ0) is 24.0. The van der Waals surface area contributed by atoms with Gasteiger partial charge in [0, 0.05) is 23.9 Å². The molecule has 3 aromatic rings. The molecular formula is C27H33N3O4. The molecule has 2 amide bonds. The van der Waals surface area contributed by atoms with Crippen molar-refractivity contribution in [2.24, 2.45) is 11.8 Å². The number of aromatic nitrogens is 1. The molecule has 1 aliphatic heterocycles. The number of nitrogens with zero attached hydrogens (tertiary/aromatic N) is 2. The molecule has 180 valence electrons. The van der Waals surface area contributed by atoms with Crippen molar-refractivity contribution < 1.29 is 18.7 Å². The van der Waals surface area contributed by atoms with E-state index in [1.807, 2.05) is 48.7 Å². The highest BCUT2D eigenvalue weighted by Gasteiger charge is 2.49. The summed E-state index contributed by atoms with van der Waals surface area (Å²) in [5, 5.41) is 3.33. The van der Waals surface area contributed by atoms with E-state index in [0.29, 0.717) is 42.0 Å². The first-order valence-electron chi connectivity index (χ1n) is 12.3. The molecule has 7 heteroatoms. The zero-order valence-corrected chi connectivity index (χ0v) is 20.3. The normalized spacial score (nSPS) is 27.0. The van der Waals surface area contributed by atoms with Crippen LogP contribution in [0.1, 0.15) is 57.4 Å². The number of carbonyl (C=O) groups is 2. The van der Waals surface area contributed by atoms with Crippen LogP contribution in [0.25, 0.3) is 11.1 Å². The van der Waals surface area contributed by atoms with Gasteiger partial charge >= 0.3 is 0 Å². The van der Waals surface area contributed by atoms with Gasteiger partial charge in [0.15, 0.2) is 5.58 Å². The Morgan fingerprint density at radius 3 is 2.71 bits per heavy atom. The van der Waals surface area contributed by atoms with Crippen LogP contribution in [0.5, 0.6) is 5.75 Å². The number of hydrogen-bond acceptors (Lipinski definition) is 4. The molecule has 0 unspecified atom stereocenters. The van der Waals surface area contributed by atoms with Crippen molar-refractivity contribution in [1.29, 1.82) is 0 Å². The van der Waals surface area contributed by atoms with Crippen LogP contribution in [0.15, 0.2) is 47.1 Å². The van der Waals surface area contributed by atoms with Crippen LogP contribution in [0, 0.1) is 11.8 Å². The Hall–Kier alpha value is -3.22. The minimum atomic E-state index is -1.11. The van der Waals surface area contributed by atoms with Gasteiger partial charge in [0.2, 0.25) is 5.91 Å². The second-order valence-corrected chi connectivity index (χ2v) is 9.97. The van der Waals surface area contributed by atoms with Gasteiger partial charge in [-0.25, -0.2) is 0 Å². The number of amides is 2. The molecule has 0 saturated heterocycles. The highest BCUT2D eigenvalue weighted by Crippen LogP contribution is 2.37. The summed E-state index contributed by atoms with van der Waals surface area (Å²) in [7, 11) is 0. The number of rotatable bonds is 5. The average molecular weight is 464 g/mol. The molecule has 1 aromatic carbocycles. The van der Waals surface area contributed by atoms with E-state index in [1.54, 1.807) is 17.2 Å². The van der Waals surface area contributed by atoms with E-state index >= 15 is 0 Å². The van der Waals surface area contributed by atoms with E-state index in [0.717, 1.165) is 24.1 Å². The van der Waals surface area contributed by atoms with Gasteiger partial charge in [0.05, 0.1) is 24.9 Å². The Morgan fingerprint density at radius 1 is 1.21 bits per heavy atom. The first-order chi connectivity index (χ1) is 16.3. The van der Waals surface area contributed by atoms with Crippen molar-refractivity contribution in [3.8, 4) is 5.75 Å². The van der Waals surface area contributed by atoms with Gasteiger partial charge in [-0.05, 0) is 56.4 Å². The number of nitrogens with one attached hydrogen (secondary N) is 1. The van der Waals surface area contributed by atoms with Crippen LogP contribution >= 0.6 is 0 Å². The van der Waals surface area contributed by atoms with Crippen molar-refractivity contribution in [3.63, 3.8) is 0 Å². The average Bonchev–Trinajstić information content (AvgIpc) is 3.41. The Labute approximate surface area is 200 Å². The maximum atomic E-state index is 14.0. The van der Waals surface area contributed by atoms with Gasteiger partial charge in [-0.2, -0.15) is 0 Å². The lowest BCUT2D eigenvalue weighted by molar-refractivity contribution is -0.128. The lowest BCUT2D eigenvalue weighted by atomic mass is 9.77. The van der Waals surface area contributed by atoms with Gasteiger partial charge in [0.1, 0.15) is 17.0 Å². The summed E-state index contributed by atoms with van der Waals surface area (Å²) < 4.78 is 13.1. The fraction of sp³-hybridized carbons (Fsp3) is 0.481. The SMILES string of the molecule is CCOc1ccc(N2C(=O)c3cc4occc4n3C[C@]2(C)C(=O)N[C@@H]2CCC[C@H](C)[C@H]2C)cc1. The second-order valence-electron chi connectivity index (χ2n) is 9.97. The predicted octanol–water partition coefficient (Wildman–Crippen LogP) is 4.99. The van der Waals surface area contributed by atoms with Crippen molar-refractivity contribution >= 4 is 28.6 Å². The third-order valence-corrected chi connectivity index (χ3v) is 7.82. The third kappa shape index (κ3) is 3.58. The Morgan fingerprint density at radius 2 is 1.97 bits per heavy atom. The van der Waals surface area contributed by atoms with E-state index in [4.69, 9.17) is 9.15 Å². The van der Waals surface area contributed by atoms with Crippen molar-refractivity contribution in [2.45, 2.75) is 65.1 Å². The van der Waals surface area contributed by atoms with E-state index < -0.39 is 5.54 Å². The molecule has 7 nitrogen and oxygen atoms in total. The molecule has 1 fully saturated rings. The number of anilines is 1. The molecule has 1 aliphatic carbocycles. The molecule has 2 aromatic heterocycles. The van der Waals surface area contributed by atoms with Crippen LogP contribution in [-0.2, 0) is 11.3 Å². The van der Waals surface area contributed by atoms with E-state index in [2.05, 4.69) is 19.2 Å². The fourth-order valence-corrected chi connectivity index (χ4v) is 5.59. The number of carbonyl (C=O) groups excluding carboxylic acids is 2. The lowest BCUT2D eigenvalue weighted by Crippen LogP contribution is -2.66. The molecule has 2 aliphatic rings. The summed E-state index contributed by atoms with van der Waals surface area (Å²) >= 11 is 0. The highest BCUT2D eigenvalue weighted by atomic mass is 16.5. The number of furan rings is 1. The van der Waals surface area contributed by atoms with Crippen LogP contribution in [0.4, 0.5) is 5.69 Å². The summed E-state index contributed by atoms with van der Waals surface area (Å²) in [5.41, 5.74) is 1.55. The monoisotopic (exact) mass is 463 g/mol. The quantitative estimate of drug-likeness (QED) is 0.578. The molecule has 0 radical (unpaired) electrons.